The maximum Gasteiger partial charge on any atom is 0.387 e. The summed E-state index contributed by atoms with van der Waals surface area (Å²) in [4.78, 5) is 30.6. The summed E-state index contributed by atoms with van der Waals surface area (Å²) >= 11 is 0.992. The van der Waals surface area contributed by atoms with Crippen molar-refractivity contribution in [3.05, 3.63) is 110 Å². The van der Waals surface area contributed by atoms with Gasteiger partial charge < -0.3 is 14.5 Å². The molecule has 1 aliphatic heterocycles. The fourth-order valence-electron chi connectivity index (χ4n) is 4.56. The number of halogens is 3. The Morgan fingerprint density at radius 2 is 1.61 bits per heavy atom. The maximum atomic E-state index is 14.3. The SMILES string of the molecule is N#C/C(C(=O)N1CCN(c2ccccc2F)CC1)=c1/s/c(=C\c2ccc(OC(F)F)cc2)c(=O)n1-c1ccccc1. The van der Waals surface area contributed by atoms with Gasteiger partial charge in [0.05, 0.1) is 15.9 Å². The molecule has 208 valence electrons. The van der Waals surface area contributed by atoms with Gasteiger partial charge in [-0.2, -0.15) is 14.0 Å². The maximum absolute atomic E-state index is 14.3. The number of amides is 1. The number of thiazole rings is 1. The third-order valence-corrected chi connectivity index (χ3v) is 7.63. The molecule has 0 radical (unpaired) electrons. The van der Waals surface area contributed by atoms with Crippen LogP contribution in [0.2, 0.25) is 0 Å². The van der Waals surface area contributed by atoms with Crippen LogP contribution in [0, 0.1) is 17.1 Å². The van der Waals surface area contributed by atoms with Gasteiger partial charge in [0.2, 0.25) is 0 Å². The quantitative estimate of drug-likeness (QED) is 0.351. The van der Waals surface area contributed by atoms with Crippen molar-refractivity contribution in [2.24, 2.45) is 0 Å². The van der Waals surface area contributed by atoms with Gasteiger partial charge in [0.1, 0.15) is 22.3 Å². The van der Waals surface area contributed by atoms with E-state index >= 15 is 0 Å². The second-order valence-corrected chi connectivity index (χ2v) is 10.1. The molecule has 0 aliphatic carbocycles. The van der Waals surface area contributed by atoms with Gasteiger partial charge in [-0.15, -0.1) is 11.3 Å². The molecule has 0 saturated carbocycles. The van der Waals surface area contributed by atoms with E-state index in [-0.39, 0.29) is 39.4 Å². The van der Waals surface area contributed by atoms with Crippen LogP contribution in [-0.4, -0.2) is 48.2 Å². The van der Waals surface area contributed by atoms with Crippen molar-refractivity contribution in [1.29, 1.82) is 5.26 Å². The van der Waals surface area contributed by atoms with Crippen LogP contribution in [0.3, 0.4) is 0 Å². The van der Waals surface area contributed by atoms with E-state index in [1.54, 1.807) is 54.6 Å². The van der Waals surface area contributed by atoms with E-state index in [4.69, 9.17) is 0 Å². The standard InChI is InChI=1S/C30H23F3N4O3S/c31-24-8-4-5-9-25(24)35-14-16-36(17-15-35)27(38)23(19-34)29-37(21-6-2-1-3-7-21)28(39)26(41-29)18-20-10-12-22(13-11-20)40-30(32)33/h1-13,18,30H,14-17H2/b26-18-,29-23-. The van der Waals surface area contributed by atoms with Gasteiger partial charge in [-0.25, -0.2) is 4.39 Å². The zero-order chi connectivity index (χ0) is 28.9. The van der Waals surface area contributed by atoms with E-state index in [1.807, 2.05) is 11.0 Å². The Bertz CT molecular complexity index is 1770. The van der Waals surface area contributed by atoms with Crippen LogP contribution in [0.25, 0.3) is 17.3 Å². The van der Waals surface area contributed by atoms with E-state index in [2.05, 4.69) is 4.74 Å². The van der Waals surface area contributed by atoms with E-state index in [1.165, 1.54) is 39.8 Å². The molecule has 1 aliphatic rings. The summed E-state index contributed by atoms with van der Waals surface area (Å²) in [6.07, 6.45) is 1.56. The fraction of sp³-hybridized carbons (Fsp3) is 0.167. The van der Waals surface area contributed by atoms with Crippen molar-refractivity contribution < 1.29 is 22.7 Å². The number of rotatable bonds is 6. The molecule has 1 aromatic heterocycles. The third kappa shape index (κ3) is 6.02. The van der Waals surface area contributed by atoms with Gasteiger partial charge in [-0.3, -0.25) is 14.2 Å². The summed E-state index contributed by atoms with van der Waals surface area (Å²) in [7, 11) is 0. The van der Waals surface area contributed by atoms with Crippen LogP contribution in [0.1, 0.15) is 5.56 Å². The molecule has 0 unspecified atom stereocenters. The van der Waals surface area contributed by atoms with Crippen molar-refractivity contribution in [2.75, 3.05) is 31.1 Å². The third-order valence-electron chi connectivity index (χ3n) is 6.54. The van der Waals surface area contributed by atoms with Crippen molar-refractivity contribution in [3.8, 4) is 17.5 Å². The number of ether oxygens (including phenoxy) is 1. The molecule has 0 atom stereocenters. The molecule has 0 bridgehead atoms. The fourth-order valence-corrected chi connectivity index (χ4v) is 5.66. The highest BCUT2D eigenvalue weighted by Gasteiger charge is 2.27. The predicted octanol–water partition coefficient (Wildman–Crippen LogP) is 3.49. The van der Waals surface area contributed by atoms with Gasteiger partial charge in [0, 0.05) is 26.2 Å². The number of carbonyl (C=O) groups excluding carboxylic acids is 1. The molecule has 1 fully saturated rings. The molecule has 7 nitrogen and oxygen atoms in total. The minimum atomic E-state index is -2.96. The van der Waals surface area contributed by atoms with Crippen LogP contribution in [0.5, 0.6) is 5.75 Å². The monoisotopic (exact) mass is 576 g/mol. The average Bonchev–Trinajstić information content (AvgIpc) is 3.30. The molecule has 0 spiro atoms. The number of hydrogen-bond acceptors (Lipinski definition) is 6. The second kappa shape index (κ2) is 12.1. The summed E-state index contributed by atoms with van der Waals surface area (Å²) in [6, 6.07) is 22.9. The lowest BCUT2D eigenvalue weighted by molar-refractivity contribution is -0.125. The van der Waals surface area contributed by atoms with E-state index in [9.17, 15) is 28.0 Å². The van der Waals surface area contributed by atoms with Gasteiger partial charge >= 0.3 is 6.61 Å². The summed E-state index contributed by atoms with van der Waals surface area (Å²) < 4.78 is 45.4. The number of piperazine rings is 1. The summed E-state index contributed by atoms with van der Waals surface area (Å²) in [5.74, 6) is -0.889. The van der Waals surface area contributed by atoms with Gasteiger partial charge in [0.25, 0.3) is 11.5 Å². The normalized spacial score (nSPS) is 14.7. The molecule has 3 aromatic carbocycles. The lowest BCUT2D eigenvalue weighted by atomic mass is 10.2. The number of anilines is 1. The van der Waals surface area contributed by atoms with Crippen molar-refractivity contribution in [3.63, 3.8) is 0 Å². The highest BCUT2D eigenvalue weighted by atomic mass is 32.1. The Balaban J connectivity index is 1.53. The Labute approximate surface area is 236 Å². The summed E-state index contributed by atoms with van der Waals surface area (Å²) in [6.45, 7) is -1.66. The minimum Gasteiger partial charge on any atom is -0.435 e. The van der Waals surface area contributed by atoms with Crippen LogP contribution in [0.15, 0.2) is 83.7 Å². The molecule has 0 N–H and O–H groups in total. The lowest BCUT2D eigenvalue weighted by Crippen LogP contribution is -2.49. The Morgan fingerprint density at radius 3 is 2.24 bits per heavy atom. The molecule has 5 rings (SSSR count). The zero-order valence-corrected chi connectivity index (χ0v) is 22.4. The number of hydrogen-bond donors (Lipinski definition) is 0. The number of nitriles is 1. The molecule has 4 aromatic rings. The molecule has 41 heavy (non-hydrogen) atoms. The summed E-state index contributed by atoms with van der Waals surface area (Å²) in [5, 5.41) is 10.1. The van der Waals surface area contributed by atoms with Crippen molar-refractivity contribution in [2.45, 2.75) is 6.61 Å². The Morgan fingerprint density at radius 1 is 0.951 bits per heavy atom. The molecule has 1 saturated heterocycles. The van der Waals surface area contributed by atoms with Gasteiger partial charge in [0.15, 0.2) is 5.57 Å². The second-order valence-electron chi connectivity index (χ2n) is 9.06. The molecule has 11 heteroatoms. The van der Waals surface area contributed by atoms with E-state index < -0.39 is 18.1 Å². The molecular weight excluding hydrogens is 553 g/mol. The van der Waals surface area contributed by atoms with Crippen LogP contribution >= 0.6 is 11.3 Å². The van der Waals surface area contributed by atoms with Crippen LogP contribution < -0.4 is 24.4 Å². The van der Waals surface area contributed by atoms with Crippen LogP contribution in [0.4, 0.5) is 18.9 Å². The first-order valence-electron chi connectivity index (χ1n) is 12.6. The number of carbonyl (C=O) groups is 1. The first-order valence-corrected chi connectivity index (χ1v) is 13.4. The van der Waals surface area contributed by atoms with Gasteiger partial charge in [-0.1, -0.05) is 42.5 Å². The average molecular weight is 577 g/mol. The van der Waals surface area contributed by atoms with E-state index in [0.717, 1.165) is 11.3 Å². The Hall–Kier alpha value is -4.82. The topological polar surface area (TPSA) is 78.6 Å². The summed E-state index contributed by atoms with van der Waals surface area (Å²) in [5.41, 5.74) is 0.860. The van der Waals surface area contributed by atoms with E-state index in [0.29, 0.717) is 30.0 Å². The largest absolute Gasteiger partial charge is 0.435 e. The molecule has 2 heterocycles. The zero-order valence-electron chi connectivity index (χ0n) is 21.5. The van der Waals surface area contributed by atoms with Crippen molar-refractivity contribution in [1.82, 2.24) is 9.47 Å². The highest BCUT2D eigenvalue weighted by Crippen LogP contribution is 2.21. The smallest absolute Gasteiger partial charge is 0.387 e. The van der Waals surface area contributed by atoms with Crippen LogP contribution in [-0.2, 0) is 4.79 Å². The van der Waals surface area contributed by atoms with Crippen molar-refractivity contribution >= 4 is 34.6 Å². The first-order chi connectivity index (χ1) is 19.9. The molecule has 1 amide bonds. The number of benzene rings is 3. The lowest BCUT2D eigenvalue weighted by Gasteiger charge is -2.36. The molecular formula is C30H23F3N4O3S. The number of para-hydroxylation sites is 2. The number of alkyl halides is 2. The minimum absolute atomic E-state index is 0.0217. The number of nitrogens with zero attached hydrogens (tertiary/aromatic N) is 4. The number of aromatic nitrogens is 1. The Kier molecular flexibility index (Phi) is 8.21. The predicted molar refractivity (Wildman–Crippen MR) is 150 cm³/mol. The van der Waals surface area contributed by atoms with Gasteiger partial charge in [-0.05, 0) is 48.0 Å². The first kappa shape index (κ1) is 27.7. The highest BCUT2D eigenvalue weighted by molar-refractivity contribution is 7.07.